The number of carbonyl (C=O) groups excluding carboxylic acids is 1. The van der Waals surface area contributed by atoms with Gasteiger partial charge in [0, 0.05) is 31.6 Å². The smallest absolute Gasteiger partial charge is 0.272 e. The molecule has 5 nitrogen and oxygen atoms in total. The molecule has 0 radical (unpaired) electrons. The van der Waals surface area contributed by atoms with E-state index in [4.69, 9.17) is 17.0 Å². The summed E-state index contributed by atoms with van der Waals surface area (Å²) in [7, 11) is 0. The van der Waals surface area contributed by atoms with Crippen LogP contribution in [0.1, 0.15) is 30.8 Å². The first-order valence-corrected chi connectivity index (χ1v) is 8.74. The number of carbonyl (C=O) groups is 1. The Bertz CT molecular complexity index is 751. The van der Waals surface area contributed by atoms with Gasteiger partial charge in [-0.05, 0) is 36.7 Å². The number of hydrogen-bond acceptors (Lipinski definition) is 3. The van der Waals surface area contributed by atoms with E-state index in [0.29, 0.717) is 29.5 Å². The SMILES string of the molecule is CC(C)COC1CCN(C(=O)c2c[nH]c(=S)n2-c2ccccc2)C1. The molecular formula is C18H23N3O2S. The van der Waals surface area contributed by atoms with E-state index in [2.05, 4.69) is 18.8 Å². The lowest BCUT2D eigenvalue weighted by molar-refractivity contribution is 0.0395. The first kappa shape index (κ1) is 16.9. The molecule has 1 atom stereocenters. The number of amides is 1. The van der Waals surface area contributed by atoms with E-state index in [1.54, 1.807) is 10.8 Å². The Morgan fingerprint density at radius 1 is 1.38 bits per heavy atom. The van der Waals surface area contributed by atoms with Crippen LogP contribution < -0.4 is 0 Å². The lowest BCUT2D eigenvalue weighted by Crippen LogP contribution is -2.31. The number of aromatic amines is 1. The molecule has 2 aromatic rings. The van der Waals surface area contributed by atoms with Crippen molar-refractivity contribution in [1.29, 1.82) is 0 Å². The number of benzene rings is 1. The minimum atomic E-state index is -0.0122. The van der Waals surface area contributed by atoms with Crippen molar-refractivity contribution in [2.45, 2.75) is 26.4 Å². The third-order valence-corrected chi connectivity index (χ3v) is 4.41. The minimum absolute atomic E-state index is 0.0122. The maximum absolute atomic E-state index is 12.9. The molecule has 1 unspecified atom stereocenters. The quantitative estimate of drug-likeness (QED) is 0.845. The third-order valence-electron chi connectivity index (χ3n) is 4.11. The summed E-state index contributed by atoms with van der Waals surface area (Å²) < 4.78 is 8.19. The van der Waals surface area contributed by atoms with Crippen molar-refractivity contribution in [2.75, 3.05) is 19.7 Å². The maximum Gasteiger partial charge on any atom is 0.272 e. The molecule has 3 rings (SSSR count). The lowest BCUT2D eigenvalue weighted by atomic mass is 10.2. The number of para-hydroxylation sites is 1. The Labute approximate surface area is 147 Å². The molecular weight excluding hydrogens is 322 g/mol. The first-order valence-electron chi connectivity index (χ1n) is 8.33. The topological polar surface area (TPSA) is 50.3 Å². The Balaban J connectivity index is 1.76. The molecule has 128 valence electrons. The van der Waals surface area contributed by atoms with Crippen molar-refractivity contribution in [1.82, 2.24) is 14.5 Å². The van der Waals surface area contributed by atoms with E-state index in [-0.39, 0.29) is 12.0 Å². The minimum Gasteiger partial charge on any atom is -0.376 e. The second-order valence-electron chi connectivity index (χ2n) is 6.54. The van der Waals surface area contributed by atoms with Crippen LogP contribution >= 0.6 is 12.2 Å². The van der Waals surface area contributed by atoms with Crippen LogP contribution in [0.15, 0.2) is 36.5 Å². The van der Waals surface area contributed by atoms with E-state index in [0.717, 1.165) is 18.7 Å². The monoisotopic (exact) mass is 345 g/mol. The highest BCUT2D eigenvalue weighted by Crippen LogP contribution is 2.19. The van der Waals surface area contributed by atoms with Crippen molar-refractivity contribution in [3.05, 3.63) is 47.0 Å². The molecule has 1 aliphatic rings. The van der Waals surface area contributed by atoms with Crippen LogP contribution in [0.5, 0.6) is 0 Å². The van der Waals surface area contributed by atoms with Gasteiger partial charge in [-0.15, -0.1) is 0 Å². The van der Waals surface area contributed by atoms with Gasteiger partial charge in [-0.3, -0.25) is 9.36 Å². The Kier molecular flexibility index (Phi) is 5.16. The molecule has 1 saturated heterocycles. The van der Waals surface area contributed by atoms with Gasteiger partial charge in [0.15, 0.2) is 4.77 Å². The normalized spacial score (nSPS) is 17.6. The number of H-pyrrole nitrogens is 1. The molecule has 1 aromatic carbocycles. The van der Waals surface area contributed by atoms with E-state index < -0.39 is 0 Å². The summed E-state index contributed by atoms with van der Waals surface area (Å²) in [5, 5.41) is 0. The lowest BCUT2D eigenvalue weighted by Gasteiger charge is -2.18. The summed E-state index contributed by atoms with van der Waals surface area (Å²) in [5.74, 6) is 0.490. The Morgan fingerprint density at radius 2 is 2.12 bits per heavy atom. The van der Waals surface area contributed by atoms with Gasteiger partial charge < -0.3 is 14.6 Å². The number of imidazole rings is 1. The molecule has 1 N–H and O–H groups in total. The molecule has 1 fully saturated rings. The Hall–Kier alpha value is -1.92. The zero-order valence-corrected chi connectivity index (χ0v) is 14.9. The second-order valence-corrected chi connectivity index (χ2v) is 6.93. The van der Waals surface area contributed by atoms with Crippen molar-refractivity contribution in [3.63, 3.8) is 0 Å². The molecule has 24 heavy (non-hydrogen) atoms. The zero-order valence-electron chi connectivity index (χ0n) is 14.1. The van der Waals surface area contributed by atoms with E-state index in [9.17, 15) is 4.79 Å². The largest absolute Gasteiger partial charge is 0.376 e. The standard InChI is InChI=1S/C18H23N3O2S/c1-13(2)12-23-15-8-9-20(11-15)17(22)16-10-19-18(24)21(16)14-6-4-3-5-7-14/h3-7,10,13,15H,8-9,11-12H2,1-2H3,(H,19,24). The highest BCUT2D eigenvalue weighted by Gasteiger charge is 2.29. The molecule has 0 bridgehead atoms. The zero-order chi connectivity index (χ0) is 17.1. The highest BCUT2D eigenvalue weighted by molar-refractivity contribution is 7.71. The van der Waals surface area contributed by atoms with Crippen LogP contribution in [-0.2, 0) is 4.74 Å². The number of likely N-dealkylation sites (tertiary alicyclic amines) is 1. The van der Waals surface area contributed by atoms with E-state index in [1.165, 1.54) is 0 Å². The molecule has 6 heteroatoms. The summed E-state index contributed by atoms with van der Waals surface area (Å²) in [6, 6.07) is 9.70. The Morgan fingerprint density at radius 3 is 2.83 bits per heavy atom. The van der Waals surface area contributed by atoms with Crippen molar-refractivity contribution < 1.29 is 9.53 Å². The van der Waals surface area contributed by atoms with Gasteiger partial charge in [0.1, 0.15) is 5.69 Å². The molecule has 2 heterocycles. The van der Waals surface area contributed by atoms with Crippen molar-refractivity contribution in [3.8, 4) is 5.69 Å². The van der Waals surface area contributed by atoms with Crippen molar-refractivity contribution in [2.24, 2.45) is 5.92 Å². The first-order chi connectivity index (χ1) is 11.6. The van der Waals surface area contributed by atoms with E-state index >= 15 is 0 Å². The third kappa shape index (κ3) is 3.60. The average Bonchev–Trinajstić information content (AvgIpc) is 3.20. The summed E-state index contributed by atoms with van der Waals surface area (Å²) in [6.07, 6.45) is 2.71. The molecule has 1 aromatic heterocycles. The second kappa shape index (κ2) is 7.32. The molecule has 1 amide bonds. The van der Waals surface area contributed by atoms with Crippen LogP contribution in [0, 0.1) is 10.7 Å². The fraction of sp³-hybridized carbons (Fsp3) is 0.444. The van der Waals surface area contributed by atoms with Crippen LogP contribution in [0.2, 0.25) is 0 Å². The van der Waals surface area contributed by atoms with Gasteiger partial charge >= 0.3 is 0 Å². The predicted octanol–water partition coefficient (Wildman–Crippen LogP) is 3.42. The van der Waals surface area contributed by atoms with E-state index in [1.807, 2.05) is 35.2 Å². The van der Waals surface area contributed by atoms with Crippen LogP contribution in [0.3, 0.4) is 0 Å². The summed E-state index contributed by atoms with van der Waals surface area (Å²) in [6.45, 7) is 6.35. The number of aromatic nitrogens is 2. The molecule has 1 aliphatic heterocycles. The summed E-state index contributed by atoms with van der Waals surface area (Å²) >= 11 is 5.35. The molecule has 0 aliphatic carbocycles. The van der Waals surface area contributed by atoms with Gasteiger partial charge in [-0.1, -0.05) is 32.0 Å². The summed E-state index contributed by atoms with van der Waals surface area (Å²) in [4.78, 5) is 17.8. The number of rotatable bonds is 5. The van der Waals surface area contributed by atoms with Crippen molar-refractivity contribution >= 4 is 18.1 Å². The highest BCUT2D eigenvalue weighted by atomic mass is 32.1. The number of nitrogens with one attached hydrogen (secondary N) is 1. The van der Waals surface area contributed by atoms with Gasteiger partial charge in [0.25, 0.3) is 5.91 Å². The average molecular weight is 345 g/mol. The van der Waals surface area contributed by atoms with Gasteiger partial charge in [0.05, 0.1) is 6.10 Å². The number of ether oxygens (including phenoxy) is 1. The molecule has 0 saturated carbocycles. The maximum atomic E-state index is 12.9. The predicted molar refractivity (Wildman–Crippen MR) is 96.1 cm³/mol. The van der Waals surface area contributed by atoms with Crippen LogP contribution in [-0.4, -0.2) is 46.2 Å². The fourth-order valence-corrected chi connectivity index (χ4v) is 3.16. The number of nitrogens with zero attached hydrogens (tertiary/aromatic N) is 2. The van der Waals surface area contributed by atoms with Crippen LogP contribution in [0.25, 0.3) is 5.69 Å². The fourth-order valence-electron chi connectivity index (χ4n) is 2.90. The van der Waals surface area contributed by atoms with Gasteiger partial charge in [-0.25, -0.2) is 0 Å². The van der Waals surface area contributed by atoms with Crippen LogP contribution in [0.4, 0.5) is 0 Å². The van der Waals surface area contributed by atoms with Gasteiger partial charge in [-0.2, -0.15) is 0 Å². The number of hydrogen-bond donors (Lipinski definition) is 1. The molecule has 0 spiro atoms. The summed E-state index contributed by atoms with van der Waals surface area (Å²) in [5.41, 5.74) is 1.45. The van der Waals surface area contributed by atoms with Gasteiger partial charge in [0.2, 0.25) is 0 Å².